The predicted octanol–water partition coefficient (Wildman–Crippen LogP) is 3.22. The second-order valence-corrected chi connectivity index (χ2v) is 6.04. The van der Waals surface area contributed by atoms with Gasteiger partial charge in [-0.25, -0.2) is 9.36 Å². The number of aromatic nitrogens is 6. The summed E-state index contributed by atoms with van der Waals surface area (Å²) in [6.45, 7) is 0.646. The Morgan fingerprint density at radius 1 is 0.880 bits per heavy atom. The summed E-state index contributed by atoms with van der Waals surface area (Å²) in [7, 11) is 0. The molecule has 8 heteroatoms. The summed E-state index contributed by atoms with van der Waals surface area (Å²) in [5, 5.41) is 11.8. The van der Waals surface area contributed by atoms with Crippen LogP contribution in [-0.2, 0) is 6.54 Å². The highest BCUT2D eigenvalue weighted by Gasteiger charge is 2.15. The Labute approximate surface area is 152 Å². The lowest BCUT2D eigenvalue weighted by molar-refractivity contribution is 0.770. The fourth-order valence-corrected chi connectivity index (χ4v) is 2.86. The number of anilines is 1. The van der Waals surface area contributed by atoms with Gasteiger partial charge in [0.1, 0.15) is 10.3 Å². The van der Waals surface area contributed by atoms with Gasteiger partial charge in [0.2, 0.25) is 0 Å². The van der Waals surface area contributed by atoms with Gasteiger partial charge < -0.3 is 5.32 Å². The molecule has 3 heterocycles. The molecule has 0 atom stereocenters. The van der Waals surface area contributed by atoms with E-state index in [0.29, 0.717) is 24.1 Å². The average Bonchev–Trinajstić information content (AvgIpc) is 3.35. The van der Waals surface area contributed by atoms with E-state index in [1.165, 1.54) is 0 Å². The Morgan fingerprint density at radius 2 is 1.60 bits per heavy atom. The van der Waals surface area contributed by atoms with Crippen LogP contribution in [0.25, 0.3) is 11.8 Å². The van der Waals surface area contributed by atoms with E-state index in [1.807, 2.05) is 36.5 Å². The molecule has 1 N–H and O–H groups in total. The largest absolute Gasteiger partial charge is 0.365 e. The van der Waals surface area contributed by atoms with Crippen LogP contribution in [0.2, 0.25) is 0 Å². The van der Waals surface area contributed by atoms with Crippen LogP contribution in [0.5, 0.6) is 0 Å². The van der Waals surface area contributed by atoms with Crippen molar-refractivity contribution in [3.05, 3.63) is 77.3 Å². The lowest BCUT2D eigenvalue weighted by Crippen LogP contribution is -2.12. The first kappa shape index (κ1) is 15.5. The first-order chi connectivity index (χ1) is 12.3. The topological polar surface area (TPSA) is 73.5 Å². The highest BCUT2D eigenvalue weighted by Crippen LogP contribution is 2.27. The molecule has 0 radical (unpaired) electrons. The molecule has 4 rings (SSSR count). The first-order valence-corrected chi connectivity index (χ1v) is 8.46. The molecule has 0 aliphatic rings. The molecular weight excluding hydrogens is 382 g/mol. The molecule has 0 aliphatic carbocycles. The standard InChI is InChI=1S/C17H14BrN7/c18-14-15(19-12-13-6-2-1-3-7-13)22-17(25-11-5-9-21-25)23-16(14)24-10-4-8-20-24/h1-11H,12H2,(H,19,22,23). The van der Waals surface area contributed by atoms with E-state index < -0.39 is 0 Å². The molecule has 124 valence electrons. The fraction of sp³-hybridized carbons (Fsp3) is 0.0588. The van der Waals surface area contributed by atoms with Gasteiger partial charge in [0, 0.05) is 31.3 Å². The maximum Gasteiger partial charge on any atom is 0.254 e. The maximum absolute atomic E-state index is 4.59. The molecule has 0 bridgehead atoms. The molecule has 4 aromatic rings. The van der Waals surface area contributed by atoms with E-state index in [4.69, 9.17) is 0 Å². The molecule has 0 spiro atoms. The Morgan fingerprint density at radius 3 is 2.28 bits per heavy atom. The van der Waals surface area contributed by atoms with Gasteiger partial charge >= 0.3 is 0 Å². The first-order valence-electron chi connectivity index (χ1n) is 7.66. The second kappa shape index (κ2) is 6.86. The molecule has 7 nitrogen and oxygen atoms in total. The fourth-order valence-electron chi connectivity index (χ4n) is 2.36. The van der Waals surface area contributed by atoms with Crippen LogP contribution in [0.15, 0.2) is 71.7 Å². The number of nitrogens with one attached hydrogen (secondary N) is 1. The van der Waals surface area contributed by atoms with E-state index >= 15 is 0 Å². The Balaban J connectivity index is 1.74. The van der Waals surface area contributed by atoms with Crippen molar-refractivity contribution in [3.8, 4) is 11.8 Å². The normalized spacial score (nSPS) is 10.8. The number of halogens is 1. The Kier molecular flexibility index (Phi) is 4.26. The highest BCUT2D eigenvalue weighted by atomic mass is 79.9. The number of benzene rings is 1. The smallest absolute Gasteiger partial charge is 0.254 e. The zero-order valence-electron chi connectivity index (χ0n) is 13.1. The van der Waals surface area contributed by atoms with Crippen molar-refractivity contribution >= 4 is 21.7 Å². The van der Waals surface area contributed by atoms with Gasteiger partial charge in [-0.2, -0.15) is 20.2 Å². The van der Waals surface area contributed by atoms with Crippen LogP contribution in [0.3, 0.4) is 0 Å². The van der Waals surface area contributed by atoms with Gasteiger partial charge in [-0.1, -0.05) is 30.3 Å². The van der Waals surface area contributed by atoms with Crippen molar-refractivity contribution in [1.82, 2.24) is 29.5 Å². The molecule has 1 aromatic carbocycles. The zero-order valence-corrected chi connectivity index (χ0v) is 14.7. The third kappa shape index (κ3) is 3.29. The number of hydrogen-bond acceptors (Lipinski definition) is 5. The zero-order chi connectivity index (χ0) is 17.1. The van der Waals surface area contributed by atoms with E-state index in [1.54, 1.807) is 28.0 Å². The van der Waals surface area contributed by atoms with Crippen LogP contribution in [0.1, 0.15) is 5.56 Å². The summed E-state index contributed by atoms with van der Waals surface area (Å²) in [5.41, 5.74) is 1.16. The Hall–Kier alpha value is -3.00. The summed E-state index contributed by atoms with van der Waals surface area (Å²) in [6.07, 6.45) is 7.04. The SMILES string of the molecule is Brc1c(NCc2ccccc2)nc(-n2cccn2)nc1-n1cccn1. The van der Waals surface area contributed by atoms with E-state index in [0.717, 1.165) is 10.0 Å². The molecule has 0 amide bonds. The summed E-state index contributed by atoms with van der Waals surface area (Å²) < 4.78 is 4.04. The predicted molar refractivity (Wildman–Crippen MR) is 97.7 cm³/mol. The molecule has 0 saturated carbocycles. The molecule has 0 aliphatic heterocycles. The number of rotatable bonds is 5. The third-order valence-corrected chi connectivity index (χ3v) is 4.29. The average molecular weight is 396 g/mol. The van der Waals surface area contributed by atoms with Crippen LogP contribution in [0, 0.1) is 0 Å². The van der Waals surface area contributed by atoms with Gasteiger partial charge in [-0.15, -0.1) is 0 Å². The van der Waals surface area contributed by atoms with Crippen molar-refractivity contribution in [3.63, 3.8) is 0 Å². The van der Waals surface area contributed by atoms with Gasteiger partial charge in [-0.05, 0) is 33.6 Å². The summed E-state index contributed by atoms with van der Waals surface area (Å²) in [4.78, 5) is 9.17. The van der Waals surface area contributed by atoms with Gasteiger partial charge in [0.15, 0.2) is 5.82 Å². The third-order valence-electron chi connectivity index (χ3n) is 3.56. The minimum Gasteiger partial charge on any atom is -0.365 e. The molecule has 25 heavy (non-hydrogen) atoms. The number of nitrogens with zero attached hydrogens (tertiary/aromatic N) is 6. The lowest BCUT2D eigenvalue weighted by atomic mass is 10.2. The van der Waals surface area contributed by atoms with Crippen LogP contribution in [-0.4, -0.2) is 29.5 Å². The monoisotopic (exact) mass is 395 g/mol. The molecular formula is C17H14BrN7. The number of hydrogen-bond donors (Lipinski definition) is 1. The molecule has 0 unspecified atom stereocenters. The van der Waals surface area contributed by atoms with Gasteiger partial charge in [0.05, 0.1) is 0 Å². The lowest BCUT2D eigenvalue weighted by Gasteiger charge is -2.13. The summed E-state index contributed by atoms with van der Waals surface area (Å²) in [5.74, 6) is 1.78. The summed E-state index contributed by atoms with van der Waals surface area (Å²) >= 11 is 3.60. The minimum absolute atomic E-state index is 0.467. The van der Waals surface area contributed by atoms with Crippen LogP contribution < -0.4 is 5.32 Å². The van der Waals surface area contributed by atoms with Crippen molar-refractivity contribution < 1.29 is 0 Å². The highest BCUT2D eigenvalue weighted by molar-refractivity contribution is 9.10. The minimum atomic E-state index is 0.467. The summed E-state index contributed by atoms with van der Waals surface area (Å²) in [6, 6.07) is 13.8. The van der Waals surface area contributed by atoms with Crippen molar-refractivity contribution in [2.75, 3.05) is 5.32 Å². The van der Waals surface area contributed by atoms with Gasteiger partial charge in [-0.3, -0.25) is 0 Å². The Bertz CT molecular complexity index is 950. The van der Waals surface area contributed by atoms with Crippen LogP contribution in [0.4, 0.5) is 5.82 Å². The molecule has 0 fully saturated rings. The molecule has 3 aromatic heterocycles. The van der Waals surface area contributed by atoms with Crippen molar-refractivity contribution in [1.29, 1.82) is 0 Å². The van der Waals surface area contributed by atoms with Crippen LogP contribution >= 0.6 is 15.9 Å². The maximum atomic E-state index is 4.59. The molecule has 0 saturated heterocycles. The van der Waals surface area contributed by atoms with E-state index in [-0.39, 0.29) is 0 Å². The quantitative estimate of drug-likeness (QED) is 0.561. The second-order valence-electron chi connectivity index (χ2n) is 5.25. The van der Waals surface area contributed by atoms with E-state index in [9.17, 15) is 0 Å². The van der Waals surface area contributed by atoms with E-state index in [2.05, 4.69) is 53.5 Å². The van der Waals surface area contributed by atoms with Crippen molar-refractivity contribution in [2.45, 2.75) is 6.54 Å². The van der Waals surface area contributed by atoms with Gasteiger partial charge in [0.25, 0.3) is 5.95 Å². The van der Waals surface area contributed by atoms with Crippen molar-refractivity contribution in [2.24, 2.45) is 0 Å².